The number of allylic oxidation sites excluding steroid dienone is 16. The first-order chi connectivity index (χ1) is 23.8. The monoisotopic (exact) mass is 618 g/mol. The Bertz CT molecular complexity index is 2440. The number of rotatable bonds is 3. The van der Waals surface area contributed by atoms with Gasteiger partial charge in [0.15, 0.2) is 0 Å². The van der Waals surface area contributed by atoms with E-state index in [0.717, 1.165) is 44.9 Å². The van der Waals surface area contributed by atoms with E-state index in [2.05, 4.69) is 121 Å². The highest BCUT2D eigenvalue weighted by Gasteiger charge is 2.36. The largest absolute Gasteiger partial charge is 0.0842 e. The van der Waals surface area contributed by atoms with E-state index in [1.807, 2.05) is 0 Å². The van der Waals surface area contributed by atoms with Gasteiger partial charge in [0.05, 0.1) is 0 Å². The summed E-state index contributed by atoms with van der Waals surface area (Å²) in [5.41, 5.74) is 15.2. The Morgan fingerprint density at radius 2 is 1.25 bits per heavy atom. The van der Waals surface area contributed by atoms with Crippen LogP contribution in [0.2, 0.25) is 0 Å². The van der Waals surface area contributed by atoms with Crippen LogP contribution >= 0.6 is 0 Å². The summed E-state index contributed by atoms with van der Waals surface area (Å²) in [4.78, 5) is 0. The Hall–Kier alpha value is -4.68. The van der Waals surface area contributed by atoms with Crippen LogP contribution in [0.25, 0.3) is 39.6 Å². The lowest BCUT2D eigenvalue weighted by atomic mass is 9.65. The number of benzene rings is 3. The van der Waals surface area contributed by atoms with Gasteiger partial charge in [-0.05, 0) is 157 Å². The smallest absolute Gasteiger partial charge is 0.00984 e. The van der Waals surface area contributed by atoms with E-state index in [-0.39, 0.29) is 0 Å². The number of hydrogen-bond donors (Lipinski definition) is 0. The fourth-order valence-electron chi connectivity index (χ4n) is 9.95. The minimum Gasteiger partial charge on any atom is -0.0842 e. The Morgan fingerprint density at radius 1 is 0.542 bits per heavy atom. The van der Waals surface area contributed by atoms with Gasteiger partial charge in [0.1, 0.15) is 0 Å². The fourth-order valence-corrected chi connectivity index (χ4v) is 9.95. The van der Waals surface area contributed by atoms with E-state index in [1.165, 1.54) is 101 Å². The van der Waals surface area contributed by atoms with Gasteiger partial charge in [0.25, 0.3) is 0 Å². The minimum absolute atomic E-state index is 0.536. The standard InChI is InChI=1S/C48H42/c1-2-14-31(15-3-1)47-40-22-10-12-24-42(40)48(43-25-13-11-23-41(43)47)44-27-26-39(35-18-6-7-19-36(35)44)46-30-34-28-32-16-4-5-17-33(32)29-45(34)37-20-8-9-21-38(37)46/h1-2,4-7,10,12,14,16,18-25,28,30,33,45H,3,8-9,11,13,15,17,26-27,29H2. The molecule has 0 spiro atoms. The Balaban J connectivity index is 1.25. The molecule has 0 heterocycles. The van der Waals surface area contributed by atoms with Crippen molar-refractivity contribution in [2.75, 3.05) is 0 Å². The molecule has 0 nitrogen and oxygen atoms in total. The molecule has 48 heavy (non-hydrogen) atoms. The minimum atomic E-state index is 0.536. The lowest BCUT2D eigenvalue weighted by molar-refractivity contribution is 0.480. The molecule has 0 fully saturated rings. The van der Waals surface area contributed by atoms with Crippen molar-refractivity contribution in [2.24, 2.45) is 11.8 Å². The number of hydrogen-bond acceptors (Lipinski definition) is 0. The molecule has 2 unspecified atom stereocenters. The highest BCUT2D eigenvalue weighted by molar-refractivity contribution is 6.02. The van der Waals surface area contributed by atoms with Gasteiger partial charge in [-0.1, -0.05) is 121 Å². The molecular formula is C48H42. The third-order valence-electron chi connectivity index (χ3n) is 12.1. The van der Waals surface area contributed by atoms with E-state index >= 15 is 0 Å². The molecule has 7 aliphatic rings. The summed E-state index contributed by atoms with van der Waals surface area (Å²) in [5.74, 6) is 1.20. The van der Waals surface area contributed by atoms with E-state index in [9.17, 15) is 0 Å². The molecule has 10 rings (SSSR count). The molecule has 0 aliphatic heterocycles. The fraction of sp³-hybridized carbons (Fsp3) is 0.250. The van der Waals surface area contributed by atoms with Gasteiger partial charge < -0.3 is 0 Å². The summed E-state index contributed by atoms with van der Waals surface area (Å²) in [6.07, 6.45) is 40.7. The molecular weight excluding hydrogens is 577 g/mol. The van der Waals surface area contributed by atoms with Crippen molar-refractivity contribution in [1.82, 2.24) is 0 Å². The Labute approximate surface area is 284 Å². The van der Waals surface area contributed by atoms with E-state index in [1.54, 1.807) is 5.57 Å². The van der Waals surface area contributed by atoms with Gasteiger partial charge >= 0.3 is 0 Å². The first-order valence-corrected chi connectivity index (χ1v) is 18.5. The lowest BCUT2D eigenvalue weighted by Gasteiger charge is -2.39. The molecule has 3 aromatic rings. The van der Waals surface area contributed by atoms with E-state index in [4.69, 9.17) is 0 Å². The molecule has 0 saturated carbocycles. The zero-order chi connectivity index (χ0) is 31.6. The van der Waals surface area contributed by atoms with Crippen LogP contribution in [0.1, 0.15) is 75.3 Å². The van der Waals surface area contributed by atoms with Crippen molar-refractivity contribution in [1.29, 1.82) is 0 Å². The van der Waals surface area contributed by atoms with Crippen molar-refractivity contribution < 1.29 is 0 Å². The van der Waals surface area contributed by atoms with Gasteiger partial charge in [-0.15, -0.1) is 0 Å². The third-order valence-corrected chi connectivity index (χ3v) is 12.1. The second-order valence-corrected chi connectivity index (χ2v) is 14.6. The molecule has 0 radical (unpaired) electrons. The second kappa shape index (κ2) is 11.5. The molecule has 7 aliphatic carbocycles. The second-order valence-electron chi connectivity index (χ2n) is 14.6. The lowest BCUT2D eigenvalue weighted by Crippen LogP contribution is -2.39. The molecule has 0 aromatic heterocycles. The summed E-state index contributed by atoms with van der Waals surface area (Å²) < 4.78 is 0. The molecule has 0 N–H and O–H groups in total. The number of fused-ring (bicyclic) bond motifs is 7. The predicted molar refractivity (Wildman–Crippen MR) is 204 cm³/mol. The van der Waals surface area contributed by atoms with Gasteiger partial charge in [-0.3, -0.25) is 0 Å². The van der Waals surface area contributed by atoms with Crippen molar-refractivity contribution in [3.05, 3.63) is 169 Å². The summed E-state index contributed by atoms with van der Waals surface area (Å²) >= 11 is 0. The average Bonchev–Trinajstić information content (AvgIpc) is 3.16. The van der Waals surface area contributed by atoms with E-state index < -0.39 is 0 Å². The zero-order valence-corrected chi connectivity index (χ0v) is 27.8. The van der Waals surface area contributed by atoms with Crippen LogP contribution in [-0.4, -0.2) is 0 Å². The third kappa shape index (κ3) is 4.42. The van der Waals surface area contributed by atoms with Gasteiger partial charge in [0.2, 0.25) is 0 Å². The molecule has 0 amide bonds. The molecule has 234 valence electrons. The average molecular weight is 619 g/mol. The maximum absolute atomic E-state index is 2.60. The van der Waals surface area contributed by atoms with Gasteiger partial charge in [-0.25, -0.2) is 0 Å². The SMILES string of the molecule is C1=CCCC(c2c3c(c(C4=c5ccccc5=C(C5=CC6=CC7=CC=CCC7CC6C6=CCCC=C56)CC4)c4ccccc24)=CCCC=3)=C1. The molecule has 2 atom stereocenters. The summed E-state index contributed by atoms with van der Waals surface area (Å²) in [6, 6.07) is 18.7. The Kier molecular flexibility index (Phi) is 6.78. The maximum Gasteiger partial charge on any atom is 0.00984 e. The highest BCUT2D eigenvalue weighted by Crippen LogP contribution is 2.50. The van der Waals surface area contributed by atoms with Gasteiger partial charge in [0, 0.05) is 5.92 Å². The van der Waals surface area contributed by atoms with Crippen LogP contribution in [0.15, 0.2) is 137 Å². The summed E-state index contributed by atoms with van der Waals surface area (Å²) in [7, 11) is 0. The molecule has 0 bridgehead atoms. The Morgan fingerprint density at radius 3 is 2.08 bits per heavy atom. The molecule has 3 aromatic carbocycles. The van der Waals surface area contributed by atoms with Crippen molar-refractivity contribution in [3.63, 3.8) is 0 Å². The van der Waals surface area contributed by atoms with Gasteiger partial charge in [-0.2, -0.15) is 0 Å². The highest BCUT2D eigenvalue weighted by atomic mass is 14.4. The first kappa shape index (κ1) is 28.3. The molecule has 0 heteroatoms. The predicted octanol–water partition coefficient (Wildman–Crippen LogP) is 9.11. The van der Waals surface area contributed by atoms with Crippen LogP contribution in [-0.2, 0) is 0 Å². The van der Waals surface area contributed by atoms with Crippen LogP contribution in [0.3, 0.4) is 0 Å². The van der Waals surface area contributed by atoms with Crippen LogP contribution in [0.5, 0.6) is 0 Å². The summed E-state index contributed by atoms with van der Waals surface area (Å²) in [6.45, 7) is 0. The van der Waals surface area contributed by atoms with Crippen LogP contribution in [0, 0.1) is 11.8 Å². The van der Waals surface area contributed by atoms with E-state index in [0.29, 0.717) is 11.8 Å². The van der Waals surface area contributed by atoms with Crippen molar-refractivity contribution in [3.8, 4) is 0 Å². The maximum atomic E-state index is 2.60. The normalized spacial score (nSPS) is 23.8. The molecule has 0 saturated heterocycles. The topological polar surface area (TPSA) is 0 Å². The van der Waals surface area contributed by atoms with Crippen molar-refractivity contribution >= 4 is 39.6 Å². The zero-order valence-electron chi connectivity index (χ0n) is 27.8. The quantitative estimate of drug-likeness (QED) is 0.275. The van der Waals surface area contributed by atoms with Crippen LogP contribution in [0.4, 0.5) is 0 Å². The van der Waals surface area contributed by atoms with Crippen molar-refractivity contribution in [2.45, 2.75) is 64.2 Å². The van der Waals surface area contributed by atoms with Crippen LogP contribution < -0.4 is 20.9 Å². The first-order valence-electron chi connectivity index (χ1n) is 18.5. The summed E-state index contributed by atoms with van der Waals surface area (Å²) in [5, 5.41) is 8.63.